The van der Waals surface area contributed by atoms with Crippen molar-refractivity contribution in [2.45, 2.75) is 32.1 Å². The summed E-state index contributed by atoms with van der Waals surface area (Å²) in [7, 11) is 0. The Bertz CT molecular complexity index is 1080. The molecule has 156 valence electrons. The molecule has 0 spiro atoms. The van der Waals surface area contributed by atoms with Crippen molar-refractivity contribution < 1.29 is 4.79 Å². The Kier molecular flexibility index (Phi) is 4.99. The van der Waals surface area contributed by atoms with E-state index in [1.807, 2.05) is 0 Å². The van der Waals surface area contributed by atoms with Gasteiger partial charge < -0.3 is 10.2 Å². The predicted octanol–water partition coefficient (Wildman–Crippen LogP) is 4.28. The first-order valence-electron chi connectivity index (χ1n) is 10.7. The first-order chi connectivity index (χ1) is 14.5. The highest BCUT2D eigenvalue weighted by Crippen LogP contribution is 2.37. The van der Waals surface area contributed by atoms with Gasteiger partial charge in [0.25, 0.3) is 0 Å². The lowest BCUT2D eigenvalue weighted by Crippen LogP contribution is -2.47. The summed E-state index contributed by atoms with van der Waals surface area (Å²) in [4.78, 5) is 16.9. The van der Waals surface area contributed by atoms with E-state index in [1.54, 1.807) is 11.5 Å². The van der Waals surface area contributed by atoms with E-state index in [9.17, 15) is 4.79 Å². The molecule has 1 amide bonds. The van der Waals surface area contributed by atoms with Crippen LogP contribution in [0.15, 0.2) is 42.5 Å². The van der Waals surface area contributed by atoms with Gasteiger partial charge in [-0.2, -0.15) is 4.37 Å². The molecule has 5 rings (SSSR count). The lowest BCUT2D eigenvalue weighted by atomic mass is 9.77. The van der Waals surface area contributed by atoms with Gasteiger partial charge in [0.2, 0.25) is 5.91 Å². The number of aromatic nitrogens is 1. The molecule has 6 heteroatoms. The average Bonchev–Trinajstić information content (AvgIpc) is 3.16. The van der Waals surface area contributed by atoms with E-state index in [2.05, 4.69) is 71.4 Å². The van der Waals surface area contributed by atoms with E-state index in [-0.39, 0.29) is 11.3 Å². The summed E-state index contributed by atoms with van der Waals surface area (Å²) in [6.07, 6.45) is 1.59. The van der Waals surface area contributed by atoms with Gasteiger partial charge in [0.05, 0.1) is 4.70 Å². The molecule has 1 aromatic heterocycles. The Balaban J connectivity index is 1.20. The molecule has 3 heterocycles. The maximum Gasteiger partial charge on any atom is 0.225 e. The van der Waals surface area contributed by atoms with Gasteiger partial charge in [-0.1, -0.05) is 38.1 Å². The third-order valence-corrected chi connectivity index (χ3v) is 7.25. The average molecular weight is 421 g/mol. The van der Waals surface area contributed by atoms with Gasteiger partial charge in [0.15, 0.2) is 0 Å². The smallest absolute Gasteiger partial charge is 0.225 e. The minimum absolute atomic E-state index is 0.102. The Hall–Kier alpha value is -2.44. The van der Waals surface area contributed by atoms with Gasteiger partial charge >= 0.3 is 0 Å². The van der Waals surface area contributed by atoms with E-state index >= 15 is 0 Å². The standard InChI is InChI=1S/C24H28N4OS/c1-24(2)16-22(29)25-20-8-7-17(15-19(20)24)9-10-27-11-13-28(14-12-27)23-18-5-3-4-6-21(18)30-26-23/h3-8,15H,9-14,16H2,1-2H3,(H,25,29). The second-order valence-electron chi connectivity index (χ2n) is 9.07. The highest BCUT2D eigenvalue weighted by atomic mass is 32.1. The van der Waals surface area contributed by atoms with E-state index in [1.165, 1.54) is 21.2 Å². The highest BCUT2D eigenvalue weighted by Gasteiger charge is 2.32. The molecule has 1 saturated heterocycles. The van der Waals surface area contributed by atoms with Crippen LogP contribution in [0.4, 0.5) is 11.5 Å². The fourth-order valence-corrected chi connectivity index (χ4v) is 5.47. The van der Waals surface area contributed by atoms with Crippen molar-refractivity contribution in [2.75, 3.05) is 42.9 Å². The van der Waals surface area contributed by atoms with Crippen LogP contribution < -0.4 is 10.2 Å². The molecule has 1 N–H and O–H groups in total. The maximum atomic E-state index is 11.9. The van der Waals surface area contributed by atoms with Gasteiger partial charge in [-0.05, 0) is 47.3 Å². The molecule has 1 fully saturated rings. The SMILES string of the molecule is CC1(C)CC(=O)Nc2ccc(CCN3CCN(c4nsc5ccccc45)CC3)cc21. The highest BCUT2D eigenvalue weighted by molar-refractivity contribution is 7.13. The molecular formula is C24H28N4OS. The Morgan fingerprint density at radius 3 is 2.73 bits per heavy atom. The Morgan fingerprint density at radius 2 is 1.90 bits per heavy atom. The molecule has 2 aromatic carbocycles. The Labute approximate surface area is 181 Å². The number of fused-ring (bicyclic) bond motifs is 2. The fraction of sp³-hybridized carbons (Fsp3) is 0.417. The first kappa shape index (κ1) is 19.5. The van der Waals surface area contributed by atoms with Gasteiger partial charge in [-0.15, -0.1) is 0 Å². The number of benzene rings is 2. The van der Waals surface area contributed by atoms with Crippen LogP contribution in [0.1, 0.15) is 31.4 Å². The third kappa shape index (κ3) is 3.70. The molecule has 0 bridgehead atoms. The molecule has 3 aromatic rings. The lowest BCUT2D eigenvalue weighted by Gasteiger charge is -2.35. The quantitative estimate of drug-likeness (QED) is 0.684. The van der Waals surface area contributed by atoms with Crippen molar-refractivity contribution in [1.29, 1.82) is 0 Å². The molecule has 5 nitrogen and oxygen atoms in total. The summed E-state index contributed by atoms with van der Waals surface area (Å²) in [5.74, 6) is 1.26. The number of hydrogen-bond acceptors (Lipinski definition) is 5. The van der Waals surface area contributed by atoms with E-state index in [0.717, 1.165) is 50.6 Å². The zero-order valence-electron chi connectivity index (χ0n) is 17.6. The van der Waals surface area contributed by atoms with Gasteiger partial charge in [-0.25, -0.2) is 0 Å². The number of amides is 1. The molecule has 2 aliphatic rings. The monoisotopic (exact) mass is 420 g/mol. The topological polar surface area (TPSA) is 48.5 Å². The summed E-state index contributed by atoms with van der Waals surface area (Å²) in [6, 6.07) is 15.1. The summed E-state index contributed by atoms with van der Waals surface area (Å²) < 4.78 is 5.98. The molecule has 0 aliphatic carbocycles. The number of nitrogens with zero attached hydrogens (tertiary/aromatic N) is 3. The van der Waals surface area contributed by atoms with Crippen LogP contribution in [0, 0.1) is 0 Å². The first-order valence-corrected chi connectivity index (χ1v) is 11.5. The van der Waals surface area contributed by atoms with Crippen molar-refractivity contribution in [3.05, 3.63) is 53.6 Å². The van der Waals surface area contributed by atoms with Crippen LogP contribution in [0.5, 0.6) is 0 Å². The van der Waals surface area contributed by atoms with Crippen molar-refractivity contribution in [3.63, 3.8) is 0 Å². The normalized spacial score (nSPS) is 19.0. The van der Waals surface area contributed by atoms with Crippen LogP contribution in [-0.2, 0) is 16.6 Å². The van der Waals surface area contributed by atoms with Gasteiger partial charge in [0, 0.05) is 55.6 Å². The number of piperazine rings is 1. The summed E-state index contributed by atoms with van der Waals surface area (Å²) in [5.41, 5.74) is 3.49. The molecule has 0 saturated carbocycles. The number of rotatable bonds is 4. The van der Waals surface area contributed by atoms with Crippen LogP contribution in [0.2, 0.25) is 0 Å². The Morgan fingerprint density at radius 1 is 1.10 bits per heavy atom. The molecule has 30 heavy (non-hydrogen) atoms. The fourth-order valence-electron chi connectivity index (χ4n) is 4.68. The molecule has 0 unspecified atom stereocenters. The number of nitrogens with one attached hydrogen (secondary N) is 1. The van der Waals surface area contributed by atoms with Crippen LogP contribution in [0.3, 0.4) is 0 Å². The lowest BCUT2D eigenvalue weighted by molar-refractivity contribution is -0.117. The third-order valence-electron chi connectivity index (χ3n) is 6.44. The van der Waals surface area contributed by atoms with Crippen molar-refractivity contribution in [2.24, 2.45) is 0 Å². The van der Waals surface area contributed by atoms with E-state index in [0.29, 0.717) is 6.42 Å². The minimum atomic E-state index is -0.102. The van der Waals surface area contributed by atoms with Crippen molar-refractivity contribution >= 4 is 39.0 Å². The largest absolute Gasteiger partial charge is 0.353 e. The van der Waals surface area contributed by atoms with Gasteiger partial charge in [0.1, 0.15) is 5.82 Å². The number of carbonyl (C=O) groups is 1. The van der Waals surface area contributed by atoms with Crippen molar-refractivity contribution in [3.8, 4) is 0 Å². The molecule has 0 atom stereocenters. The van der Waals surface area contributed by atoms with Crippen LogP contribution in [0.25, 0.3) is 10.1 Å². The summed E-state index contributed by atoms with van der Waals surface area (Å²) in [6.45, 7) is 9.58. The van der Waals surface area contributed by atoms with Crippen molar-refractivity contribution in [1.82, 2.24) is 9.27 Å². The van der Waals surface area contributed by atoms with Gasteiger partial charge in [-0.3, -0.25) is 9.69 Å². The van der Waals surface area contributed by atoms with E-state index < -0.39 is 0 Å². The number of hydrogen-bond donors (Lipinski definition) is 1. The second kappa shape index (κ2) is 7.67. The van der Waals surface area contributed by atoms with Crippen LogP contribution in [-0.4, -0.2) is 47.9 Å². The maximum absolute atomic E-state index is 11.9. The zero-order chi connectivity index (χ0) is 20.7. The zero-order valence-corrected chi connectivity index (χ0v) is 18.5. The summed E-state index contributed by atoms with van der Waals surface area (Å²) >= 11 is 1.60. The molecular weight excluding hydrogens is 392 g/mol. The number of carbonyl (C=O) groups excluding carboxylic acids is 1. The molecule has 0 radical (unpaired) electrons. The summed E-state index contributed by atoms with van der Waals surface area (Å²) in [5, 5.41) is 4.30. The van der Waals surface area contributed by atoms with Crippen LogP contribution >= 0.6 is 11.5 Å². The number of anilines is 2. The molecule has 2 aliphatic heterocycles. The van der Waals surface area contributed by atoms with E-state index in [4.69, 9.17) is 4.37 Å². The second-order valence-corrected chi connectivity index (χ2v) is 9.87. The minimum Gasteiger partial charge on any atom is -0.353 e. The predicted molar refractivity (Wildman–Crippen MR) is 125 cm³/mol.